The number of aromatic nitrogens is 1. The first-order valence-corrected chi connectivity index (χ1v) is 6.14. The van der Waals surface area contributed by atoms with Crippen LogP contribution in [0.25, 0.3) is 0 Å². The first-order chi connectivity index (χ1) is 9.15. The average Bonchev–Trinajstić information content (AvgIpc) is 2.41. The van der Waals surface area contributed by atoms with E-state index in [1.807, 2.05) is 31.2 Å². The van der Waals surface area contributed by atoms with Gasteiger partial charge in [-0.2, -0.15) is 0 Å². The molecule has 0 saturated carbocycles. The van der Waals surface area contributed by atoms with Crippen molar-refractivity contribution in [3.05, 3.63) is 53.7 Å². The summed E-state index contributed by atoms with van der Waals surface area (Å²) in [4.78, 5) is 15.6. The van der Waals surface area contributed by atoms with Gasteiger partial charge in [-0.1, -0.05) is 29.8 Å². The van der Waals surface area contributed by atoms with E-state index in [1.165, 1.54) is 17.8 Å². The van der Waals surface area contributed by atoms with Crippen LogP contribution in [0.4, 0.5) is 5.82 Å². The quantitative estimate of drug-likeness (QED) is 0.884. The highest BCUT2D eigenvalue weighted by molar-refractivity contribution is 5.91. The maximum absolute atomic E-state index is 11.7. The highest BCUT2D eigenvalue weighted by Crippen LogP contribution is 2.18. The molecular weight excluding hydrogens is 240 g/mol. The van der Waals surface area contributed by atoms with Gasteiger partial charge in [0.1, 0.15) is 0 Å². The number of nitrogens with one attached hydrogen (secondary N) is 1. The van der Waals surface area contributed by atoms with Gasteiger partial charge in [0.2, 0.25) is 5.91 Å². The van der Waals surface area contributed by atoms with E-state index in [0.717, 1.165) is 5.56 Å². The Morgan fingerprint density at radius 2 is 2.00 bits per heavy atom. The lowest BCUT2D eigenvalue weighted by atomic mass is 10.1. The molecule has 0 aliphatic heterocycles. The van der Waals surface area contributed by atoms with Crippen LogP contribution in [0, 0.1) is 6.92 Å². The van der Waals surface area contributed by atoms with Crippen molar-refractivity contribution >= 4 is 11.7 Å². The van der Waals surface area contributed by atoms with Gasteiger partial charge in [0.25, 0.3) is 0 Å². The standard InChI is InChI=1S/C15H16N2O2/c1-11-4-6-12(7-5-11)8-9-14(19)17-15-13(18)3-2-10-16-15/h2-7,10,18H,8-9H2,1H3,(H,16,17,19). The molecular formula is C15H16N2O2. The van der Waals surface area contributed by atoms with E-state index in [4.69, 9.17) is 0 Å². The van der Waals surface area contributed by atoms with Gasteiger partial charge in [-0.05, 0) is 31.0 Å². The zero-order valence-corrected chi connectivity index (χ0v) is 10.8. The Bertz CT molecular complexity index is 565. The van der Waals surface area contributed by atoms with Gasteiger partial charge in [0.05, 0.1) is 0 Å². The monoisotopic (exact) mass is 256 g/mol. The SMILES string of the molecule is Cc1ccc(CCC(=O)Nc2ncccc2O)cc1. The first kappa shape index (κ1) is 13.1. The predicted molar refractivity (Wildman–Crippen MR) is 74.0 cm³/mol. The summed E-state index contributed by atoms with van der Waals surface area (Å²) in [6.45, 7) is 2.03. The number of nitrogens with zero attached hydrogens (tertiary/aromatic N) is 1. The van der Waals surface area contributed by atoms with Crippen LogP contribution in [-0.2, 0) is 11.2 Å². The molecule has 1 amide bonds. The second kappa shape index (κ2) is 6.00. The molecule has 2 aromatic rings. The number of hydrogen-bond donors (Lipinski definition) is 2. The molecule has 0 bridgehead atoms. The van der Waals surface area contributed by atoms with Crippen LogP contribution in [-0.4, -0.2) is 16.0 Å². The van der Waals surface area contributed by atoms with Crippen molar-refractivity contribution in [3.8, 4) is 5.75 Å². The third-order valence-electron chi connectivity index (χ3n) is 2.81. The number of carbonyl (C=O) groups is 1. The van der Waals surface area contributed by atoms with Crippen LogP contribution in [0.15, 0.2) is 42.6 Å². The zero-order valence-electron chi connectivity index (χ0n) is 10.8. The summed E-state index contributed by atoms with van der Waals surface area (Å²) in [7, 11) is 0. The molecule has 0 spiro atoms. The second-order valence-electron chi connectivity index (χ2n) is 4.40. The molecule has 1 heterocycles. The minimum atomic E-state index is -0.158. The van der Waals surface area contributed by atoms with Gasteiger partial charge >= 0.3 is 0 Å². The van der Waals surface area contributed by atoms with Crippen LogP contribution in [0.5, 0.6) is 5.75 Å². The van der Waals surface area contributed by atoms with Crippen molar-refractivity contribution < 1.29 is 9.90 Å². The molecule has 19 heavy (non-hydrogen) atoms. The maximum atomic E-state index is 11.7. The van der Waals surface area contributed by atoms with Crippen LogP contribution in [0.1, 0.15) is 17.5 Å². The molecule has 0 fully saturated rings. The molecule has 4 heteroatoms. The van der Waals surface area contributed by atoms with Crippen LogP contribution in [0.2, 0.25) is 0 Å². The Balaban J connectivity index is 1.88. The zero-order chi connectivity index (χ0) is 13.7. The number of amides is 1. The molecule has 98 valence electrons. The van der Waals surface area contributed by atoms with Crippen LogP contribution < -0.4 is 5.32 Å². The Hall–Kier alpha value is -2.36. The molecule has 2 N–H and O–H groups in total. The van der Waals surface area contributed by atoms with Crippen LogP contribution >= 0.6 is 0 Å². The average molecular weight is 256 g/mol. The van der Waals surface area contributed by atoms with E-state index < -0.39 is 0 Å². The molecule has 0 radical (unpaired) electrons. The predicted octanol–water partition coefficient (Wildman–Crippen LogP) is 2.67. The minimum absolute atomic E-state index is 0.0221. The van der Waals surface area contributed by atoms with Crippen molar-refractivity contribution in [1.82, 2.24) is 4.98 Å². The van der Waals surface area contributed by atoms with E-state index in [-0.39, 0.29) is 17.5 Å². The van der Waals surface area contributed by atoms with Crippen molar-refractivity contribution in [1.29, 1.82) is 0 Å². The molecule has 4 nitrogen and oxygen atoms in total. The number of carbonyl (C=O) groups excluding carboxylic acids is 1. The van der Waals surface area contributed by atoms with E-state index in [2.05, 4.69) is 10.3 Å². The lowest BCUT2D eigenvalue weighted by Gasteiger charge is -2.06. The molecule has 1 aromatic carbocycles. The van der Waals surface area contributed by atoms with Crippen molar-refractivity contribution in [3.63, 3.8) is 0 Å². The normalized spacial score (nSPS) is 10.2. The lowest BCUT2D eigenvalue weighted by Crippen LogP contribution is -2.13. The minimum Gasteiger partial charge on any atom is -0.504 e. The molecule has 0 atom stereocenters. The van der Waals surface area contributed by atoms with Crippen LogP contribution in [0.3, 0.4) is 0 Å². The number of aromatic hydroxyl groups is 1. The molecule has 0 unspecified atom stereocenters. The summed E-state index contributed by atoms with van der Waals surface area (Å²) in [5, 5.41) is 12.1. The number of benzene rings is 1. The molecule has 0 saturated heterocycles. The third kappa shape index (κ3) is 3.81. The topological polar surface area (TPSA) is 62.2 Å². The van der Waals surface area contributed by atoms with Gasteiger partial charge < -0.3 is 10.4 Å². The molecule has 0 aliphatic rings. The number of aryl methyl sites for hydroxylation is 2. The number of pyridine rings is 1. The Morgan fingerprint density at radius 1 is 1.26 bits per heavy atom. The van der Waals surface area contributed by atoms with Crippen molar-refractivity contribution in [2.45, 2.75) is 19.8 Å². The number of hydrogen-bond acceptors (Lipinski definition) is 3. The van der Waals surface area contributed by atoms with Crippen molar-refractivity contribution in [2.75, 3.05) is 5.32 Å². The largest absolute Gasteiger partial charge is 0.504 e. The second-order valence-corrected chi connectivity index (χ2v) is 4.40. The fourth-order valence-corrected chi connectivity index (χ4v) is 1.70. The first-order valence-electron chi connectivity index (χ1n) is 6.14. The van der Waals surface area contributed by atoms with E-state index in [0.29, 0.717) is 12.8 Å². The maximum Gasteiger partial charge on any atom is 0.225 e. The fourth-order valence-electron chi connectivity index (χ4n) is 1.70. The highest BCUT2D eigenvalue weighted by atomic mass is 16.3. The summed E-state index contributed by atoms with van der Waals surface area (Å²) in [5.74, 6) is 0.0252. The lowest BCUT2D eigenvalue weighted by molar-refractivity contribution is -0.116. The van der Waals surface area contributed by atoms with Gasteiger partial charge in [-0.15, -0.1) is 0 Å². The Morgan fingerprint density at radius 3 is 2.68 bits per heavy atom. The van der Waals surface area contributed by atoms with Gasteiger partial charge in [-0.3, -0.25) is 4.79 Å². The van der Waals surface area contributed by atoms with Gasteiger partial charge in [-0.25, -0.2) is 4.98 Å². The van der Waals surface area contributed by atoms with Gasteiger partial charge in [0, 0.05) is 12.6 Å². The Kier molecular flexibility index (Phi) is 4.13. The number of rotatable bonds is 4. The highest BCUT2D eigenvalue weighted by Gasteiger charge is 2.07. The van der Waals surface area contributed by atoms with E-state index >= 15 is 0 Å². The summed E-state index contributed by atoms with van der Waals surface area (Å²) in [6.07, 6.45) is 2.55. The van der Waals surface area contributed by atoms with Crippen molar-refractivity contribution in [2.24, 2.45) is 0 Å². The van der Waals surface area contributed by atoms with E-state index in [9.17, 15) is 9.90 Å². The third-order valence-corrected chi connectivity index (χ3v) is 2.81. The fraction of sp³-hybridized carbons (Fsp3) is 0.200. The van der Waals surface area contributed by atoms with E-state index in [1.54, 1.807) is 6.07 Å². The Labute approximate surface area is 112 Å². The molecule has 0 aliphatic carbocycles. The molecule has 1 aromatic heterocycles. The summed E-state index contributed by atoms with van der Waals surface area (Å²) < 4.78 is 0. The van der Waals surface area contributed by atoms with Gasteiger partial charge in [0.15, 0.2) is 11.6 Å². The molecule has 2 rings (SSSR count). The summed E-state index contributed by atoms with van der Waals surface area (Å²) in [6, 6.07) is 11.2. The summed E-state index contributed by atoms with van der Waals surface area (Å²) in [5.41, 5.74) is 2.32. The summed E-state index contributed by atoms with van der Waals surface area (Å²) >= 11 is 0. The smallest absolute Gasteiger partial charge is 0.225 e. The number of anilines is 1.